The lowest BCUT2D eigenvalue weighted by Gasteiger charge is -2.13. The van der Waals surface area contributed by atoms with Gasteiger partial charge in [-0.2, -0.15) is 0 Å². The number of carbonyl (C=O) groups excluding carboxylic acids is 2. The zero-order valence-electron chi connectivity index (χ0n) is 19.2. The fraction of sp³-hybridized carbons (Fsp3) is 0.333. The van der Waals surface area contributed by atoms with Crippen LogP contribution in [0.25, 0.3) is 10.8 Å². The highest BCUT2D eigenvalue weighted by Crippen LogP contribution is 2.26. The topological polar surface area (TPSA) is 93.4 Å². The Balaban J connectivity index is 1.41. The van der Waals surface area contributed by atoms with Gasteiger partial charge in [-0.25, -0.2) is 10.2 Å². The van der Waals surface area contributed by atoms with Gasteiger partial charge in [0.05, 0.1) is 0 Å². The summed E-state index contributed by atoms with van der Waals surface area (Å²) in [6, 6.07) is 22.4. The molecule has 3 aromatic rings. The molecule has 6 nitrogen and oxygen atoms in total. The molecular formula is C27H33N3O3. The number of hydrogen-bond donors (Lipinski definition) is 3. The molecule has 0 saturated heterocycles. The van der Waals surface area contributed by atoms with Crippen molar-refractivity contribution >= 4 is 22.8 Å². The summed E-state index contributed by atoms with van der Waals surface area (Å²) in [6.45, 7) is 2.80. The number of fused-ring (bicyclic) bond motifs is 1. The van der Waals surface area contributed by atoms with Crippen molar-refractivity contribution in [2.45, 2.75) is 45.6 Å². The Kier molecular flexibility index (Phi) is 9.27. The summed E-state index contributed by atoms with van der Waals surface area (Å²) in [5.41, 5.74) is 14.4. The molecule has 1 atom stereocenters. The van der Waals surface area contributed by atoms with E-state index in [1.54, 1.807) is 0 Å². The van der Waals surface area contributed by atoms with Gasteiger partial charge in [0.15, 0.2) is 0 Å². The third-order valence-corrected chi connectivity index (χ3v) is 5.84. The molecule has 6 heteroatoms. The summed E-state index contributed by atoms with van der Waals surface area (Å²) in [5, 5.41) is 2.50. The molecule has 174 valence electrons. The lowest BCUT2D eigenvalue weighted by atomic mass is 9.92. The van der Waals surface area contributed by atoms with E-state index in [-0.39, 0.29) is 18.4 Å². The van der Waals surface area contributed by atoms with Crippen LogP contribution in [0.4, 0.5) is 4.79 Å². The number of nitrogens with one attached hydrogen (secondary N) is 2. The first-order valence-electron chi connectivity index (χ1n) is 11.5. The van der Waals surface area contributed by atoms with E-state index in [4.69, 9.17) is 10.5 Å². The number of ether oxygens (including phenoxy) is 1. The first-order valence-corrected chi connectivity index (χ1v) is 11.5. The second kappa shape index (κ2) is 12.6. The van der Waals surface area contributed by atoms with Crippen molar-refractivity contribution in [1.82, 2.24) is 10.9 Å². The molecule has 0 bridgehead atoms. The summed E-state index contributed by atoms with van der Waals surface area (Å²) in [4.78, 5) is 23.1. The van der Waals surface area contributed by atoms with Crippen LogP contribution in [0.1, 0.15) is 42.9 Å². The van der Waals surface area contributed by atoms with E-state index in [9.17, 15) is 9.59 Å². The lowest BCUT2D eigenvalue weighted by molar-refractivity contribution is -0.121. The fourth-order valence-corrected chi connectivity index (χ4v) is 3.80. The summed E-state index contributed by atoms with van der Waals surface area (Å²) >= 11 is 0. The van der Waals surface area contributed by atoms with Gasteiger partial charge >= 0.3 is 6.09 Å². The maximum absolute atomic E-state index is 11.8. The minimum Gasteiger partial charge on any atom is -0.444 e. The zero-order chi connectivity index (χ0) is 23.5. The number of benzene rings is 3. The van der Waals surface area contributed by atoms with Crippen molar-refractivity contribution in [2.24, 2.45) is 11.7 Å². The minimum atomic E-state index is -0.480. The quantitative estimate of drug-likeness (QED) is 0.278. The van der Waals surface area contributed by atoms with Gasteiger partial charge in [-0.05, 0) is 59.6 Å². The number of hydrazine groups is 1. The van der Waals surface area contributed by atoms with Crippen LogP contribution in [0.5, 0.6) is 0 Å². The predicted molar refractivity (Wildman–Crippen MR) is 131 cm³/mol. The van der Waals surface area contributed by atoms with E-state index in [0.29, 0.717) is 6.54 Å². The number of nitrogens with two attached hydrogens (primary N) is 1. The van der Waals surface area contributed by atoms with E-state index >= 15 is 0 Å². The van der Waals surface area contributed by atoms with Crippen LogP contribution in [-0.2, 0) is 29.0 Å². The summed E-state index contributed by atoms with van der Waals surface area (Å²) in [7, 11) is 0. The van der Waals surface area contributed by atoms with Crippen molar-refractivity contribution in [3.05, 3.63) is 83.4 Å². The molecule has 0 aliphatic carbocycles. The molecule has 0 fully saturated rings. The molecule has 0 heterocycles. The van der Waals surface area contributed by atoms with Gasteiger partial charge in [-0.1, -0.05) is 73.7 Å². The molecule has 0 spiro atoms. The SMILES string of the molecule is C[C@@H](CCc1ccc(CCCCNNC(=O)OCc2ccccc2)c2ccccc12)C(N)=O. The van der Waals surface area contributed by atoms with E-state index in [2.05, 4.69) is 47.2 Å². The van der Waals surface area contributed by atoms with Crippen LogP contribution in [0.3, 0.4) is 0 Å². The van der Waals surface area contributed by atoms with Gasteiger partial charge in [0, 0.05) is 12.5 Å². The Morgan fingerprint density at radius 3 is 2.18 bits per heavy atom. The molecule has 3 rings (SSSR count). The van der Waals surface area contributed by atoms with Crippen molar-refractivity contribution < 1.29 is 14.3 Å². The number of primary amides is 1. The Morgan fingerprint density at radius 2 is 1.52 bits per heavy atom. The lowest BCUT2D eigenvalue weighted by Crippen LogP contribution is -2.38. The Bertz CT molecular complexity index is 1050. The number of unbranched alkanes of at least 4 members (excludes halogenated alkanes) is 1. The van der Waals surface area contributed by atoms with Gasteiger partial charge in [-0.3, -0.25) is 10.2 Å². The molecule has 0 saturated carbocycles. The highest BCUT2D eigenvalue weighted by Gasteiger charge is 2.11. The van der Waals surface area contributed by atoms with Crippen molar-refractivity contribution in [1.29, 1.82) is 0 Å². The first-order chi connectivity index (χ1) is 16.0. The van der Waals surface area contributed by atoms with E-state index in [1.165, 1.54) is 21.9 Å². The average Bonchev–Trinajstić information content (AvgIpc) is 2.84. The Morgan fingerprint density at radius 1 is 0.879 bits per heavy atom. The fourth-order valence-electron chi connectivity index (χ4n) is 3.80. The standard InChI is InChI=1S/C27H33N3O3/c1-20(26(28)31)14-15-23-17-16-22(24-12-5-6-13-25(23)24)11-7-8-18-29-30-27(32)33-19-21-9-3-2-4-10-21/h2-6,9-10,12-13,16-17,20,29H,7-8,11,14-15,18-19H2,1H3,(H2,28,31)(H,30,32)/t20-/m0/s1. The smallest absolute Gasteiger partial charge is 0.421 e. The van der Waals surface area contributed by atoms with Crippen LogP contribution in [0, 0.1) is 5.92 Å². The molecule has 33 heavy (non-hydrogen) atoms. The van der Waals surface area contributed by atoms with Crippen LogP contribution in [0.15, 0.2) is 66.7 Å². The van der Waals surface area contributed by atoms with Crippen LogP contribution >= 0.6 is 0 Å². The number of amides is 2. The van der Waals surface area contributed by atoms with Gasteiger partial charge in [0.25, 0.3) is 0 Å². The number of rotatable bonds is 12. The molecular weight excluding hydrogens is 414 g/mol. The molecule has 0 unspecified atom stereocenters. The third-order valence-electron chi connectivity index (χ3n) is 5.84. The molecule has 0 aliphatic heterocycles. The highest BCUT2D eigenvalue weighted by atomic mass is 16.6. The Hall–Kier alpha value is -3.38. The first kappa shape index (κ1) is 24.3. The zero-order valence-corrected chi connectivity index (χ0v) is 19.2. The molecule has 4 N–H and O–H groups in total. The Labute approximate surface area is 195 Å². The van der Waals surface area contributed by atoms with Crippen molar-refractivity contribution in [3.63, 3.8) is 0 Å². The van der Waals surface area contributed by atoms with E-state index < -0.39 is 6.09 Å². The van der Waals surface area contributed by atoms with E-state index in [1.807, 2.05) is 37.3 Å². The molecule has 0 radical (unpaired) electrons. The third kappa shape index (κ3) is 7.61. The second-order valence-corrected chi connectivity index (χ2v) is 8.34. The normalized spacial score (nSPS) is 11.8. The van der Waals surface area contributed by atoms with Crippen molar-refractivity contribution in [2.75, 3.05) is 6.54 Å². The van der Waals surface area contributed by atoms with Crippen LogP contribution < -0.4 is 16.6 Å². The van der Waals surface area contributed by atoms with Gasteiger partial charge in [-0.15, -0.1) is 0 Å². The average molecular weight is 448 g/mol. The van der Waals surface area contributed by atoms with Crippen molar-refractivity contribution in [3.8, 4) is 0 Å². The predicted octanol–water partition coefficient (Wildman–Crippen LogP) is 4.65. The van der Waals surface area contributed by atoms with E-state index in [0.717, 1.165) is 37.7 Å². The highest BCUT2D eigenvalue weighted by molar-refractivity contribution is 5.88. The van der Waals surface area contributed by atoms with Gasteiger partial charge in [0.1, 0.15) is 6.61 Å². The van der Waals surface area contributed by atoms with Gasteiger partial charge in [0.2, 0.25) is 5.91 Å². The maximum Gasteiger partial charge on any atom is 0.421 e. The van der Waals surface area contributed by atoms with Gasteiger partial charge < -0.3 is 10.5 Å². The number of hydrogen-bond acceptors (Lipinski definition) is 4. The second-order valence-electron chi connectivity index (χ2n) is 8.34. The molecule has 0 aromatic heterocycles. The summed E-state index contributed by atoms with van der Waals surface area (Å²) in [6.07, 6.45) is 3.98. The molecule has 3 aromatic carbocycles. The monoisotopic (exact) mass is 447 g/mol. The minimum absolute atomic E-state index is 0.125. The molecule has 2 amide bonds. The largest absolute Gasteiger partial charge is 0.444 e. The summed E-state index contributed by atoms with van der Waals surface area (Å²) < 4.78 is 5.17. The van der Waals surface area contributed by atoms with Crippen LogP contribution in [0.2, 0.25) is 0 Å². The van der Waals surface area contributed by atoms with Crippen LogP contribution in [-0.4, -0.2) is 18.5 Å². The maximum atomic E-state index is 11.8. The number of carbonyl (C=O) groups is 2. The molecule has 0 aliphatic rings. The number of aryl methyl sites for hydroxylation is 2. The summed E-state index contributed by atoms with van der Waals surface area (Å²) in [5.74, 6) is -0.372.